The molecular weight excluding hydrogens is 278 g/mol. The summed E-state index contributed by atoms with van der Waals surface area (Å²) in [5, 5.41) is 2.21. The van der Waals surface area contributed by atoms with Crippen molar-refractivity contribution in [2.24, 2.45) is 5.73 Å². The summed E-state index contributed by atoms with van der Waals surface area (Å²) in [6.45, 7) is 0. The number of benzene rings is 1. The van der Waals surface area contributed by atoms with Gasteiger partial charge >= 0.3 is 0 Å². The zero-order chi connectivity index (χ0) is 14.2. The van der Waals surface area contributed by atoms with Crippen LogP contribution in [0, 0.1) is 0 Å². The van der Waals surface area contributed by atoms with Gasteiger partial charge in [-0.15, -0.1) is 11.3 Å². The van der Waals surface area contributed by atoms with E-state index in [9.17, 15) is 0 Å². The van der Waals surface area contributed by atoms with E-state index in [1.807, 2.05) is 11.3 Å². The Morgan fingerprint density at radius 1 is 1.10 bits per heavy atom. The topological polar surface area (TPSA) is 35.2 Å². The summed E-state index contributed by atoms with van der Waals surface area (Å²) >= 11 is 1.88. The van der Waals surface area contributed by atoms with E-state index in [0.717, 1.165) is 5.75 Å². The summed E-state index contributed by atoms with van der Waals surface area (Å²) in [5.41, 5.74) is 9.28. The second-order valence-corrected chi connectivity index (χ2v) is 7.21. The molecule has 2 unspecified atom stereocenters. The fourth-order valence-corrected chi connectivity index (χ4v) is 4.27. The highest BCUT2D eigenvalue weighted by atomic mass is 32.1. The molecule has 1 fully saturated rings. The first-order chi connectivity index (χ1) is 10.3. The molecule has 0 saturated heterocycles. The molecule has 2 aliphatic carbocycles. The molecule has 1 aromatic heterocycles. The van der Waals surface area contributed by atoms with Crippen LogP contribution in [0.25, 0.3) is 0 Å². The number of rotatable bonds is 4. The molecule has 3 heteroatoms. The summed E-state index contributed by atoms with van der Waals surface area (Å²) in [7, 11) is 0. The van der Waals surface area contributed by atoms with Crippen molar-refractivity contribution < 1.29 is 4.74 Å². The van der Waals surface area contributed by atoms with Crippen LogP contribution in [0.2, 0.25) is 0 Å². The zero-order valence-electron chi connectivity index (χ0n) is 12.1. The minimum atomic E-state index is 0.0913. The molecule has 2 N–H and O–H groups in total. The Hall–Kier alpha value is -1.32. The normalized spacial score (nSPS) is 22.6. The van der Waals surface area contributed by atoms with Gasteiger partial charge in [-0.05, 0) is 66.8 Å². The Kier molecular flexibility index (Phi) is 3.48. The lowest BCUT2D eigenvalue weighted by molar-refractivity contribution is 0.303. The van der Waals surface area contributed by atoms with E-state index < -0.39 is 0 Å². The Morgan fingerprint density at radius 3 is 2.67 bits per heavy atom. The monoisotopic (exact) mass is 299 g/mol. The lowest BCUT2D eigenvalue weighted by atomic mass is 9.80. The van der Waals surface area contributed by atoms with Gasteiger partial charge in [0.25, 0.3) is 0 Å². The van der Waals surface area contributed by atoms with E-state index in [4.69, 9.17) is 10.5 Å². The summed E-state index contributed by atoms with van der Waals surface area (Å²) in [5.74, 6) is 1.45. The smallest absolute Gasteiger partial charge is 0.119 e. The van der Waals surface area contributed by atoms with Gasteiger partial charge in [0.15, 0.2) is 0 Å². The van der Waals surface area contributed by atoms with Crippen LogP contribution in [-0.4, -0.2) is 6.10 Å². The number of hydrogen-bond donors (Lipinski definition) is 1. The predicted octanol–water partition coefficient (Wildman–Crippen LogP) is 4.41. The molecule has 0 amide bonds. The molecule has 0 spiro atoms. The zero-order valence-corrected chi connectivity index (χ0v) is 12.9. The Morgan fingerprint density at radius 2 is 1.90 bits per heavy atom. The Labute approximate surface area is 129 Å². The number of hydrogen-bond acceptors (Lipinski definition) is 3. The van der Waals surface area contributed by atoms with Crippen molar-refractivity contribution >= 4 is 11.3 Å². The van der Waals surface area contributed by atoms with Crippen LogP contribution in [0.1, 0.15) is 53.6 Å². The number of fused-ring (bicyclic) bond motifs is 1. The van der Waals surface area contributed by atoms with Crippen LogP contribution in [0.3, 0.4) is 0 Å². The van der Waals surface area contributed by atoms with E-state index in [1.165, 1.54) is 48.1 Å². The number of nitrogens with two attached hydrogens (primary N) is 1. The standard InChI is InChI=1S/C18H21NOS/c19-18(16-2-1-3-17-15(16)10-11-21-17)12-4-6-13(7-5-12)20-14-8-9-14/h4-7,10-11,14,16,18H,1-3,8-9,19H2. The molecule has 0 aliphatic heterocycles. The molecule has 1 saturated carbocycles. The summed E-state index contributed by atoms with van der Waals surface area (Å²) in [6, 6.07) is 10.8. The molecule has 2 atom stereocenters. The fraction of sp³-hybridized carbons (Fsp3) is 0.444. The fourth-order valence-electron chi connectivity index (χ4n) is 3.27. The molecular formula is C18H21NOS. The molecule has 2 nitrogen and oxygen atoms in total. The first-order valence-corrected chi connectivity index (χ1v) is 8.77. The van der Waals surface area contributed by atoms with E-state index in [0.29, 0.717) is 12.0 Å². The van der Waals surface area contributed by atoms with Gasteiger partial charge in [0, 0.05) is 16.8 Å². The van der Waals surface area contributed by atoms with E-state index in [-0.39, 0.29) is 6.04 Å². The largest absolute Gasteiger partial charge is 0.490 e. The average Bonchev–Trinajstić information content (AvgIpc) is 3.20. The van der Waals surface area contributed by atoms with Crippen LogP contribution >= 0.6 is 11.3 Å². The molecule has 4 rings (SSSR count). The summed E-state index contributed by atoms with van der Waals surface area (Å²) < 4.78 is 5.81. The minimum Gasteiger partial charge on any atom is -0.490 e. The van der Waals surface area contributed by atoms with E-state index in [2.05, 4.69) is 35.7 Å². The van der Waals surface area contributed by atoms with Crippen molar-refractivity contribution in [3.8, 4) is 5.75 Å². The quantitative estimate of drug-likeness (QED) is 0.907. The molecule has 2 aromatic rings. The lowest BCUT2D eigenvalue weighted by Crippen LogP contribution is -2.22. The van der Waals surface area contributed by atoms with Crippen molar-refractivity contribution in [1.29, 1.82) is 0 Å². The van der Waals surface area contributed by atoms with Gasteiger partial charge in [-0.3, -0.25) is 0 Å². The van der Waals surface area contributed by atoms with Crippen LogP contribution in [0.5, 0.6) is 5.75 Å². The molecule has 0 radical (unpaired) electrons. The van der Waals surface area contributed by atoms with E-state index in [1.54, 1.807) is 0 Å². The molecule has 0 bridgehead atoms. The van der Waals surface area contributed by atoms with Gasteiger partial charge in [0.2, 0.25) is 0 Å². The maximum Gasteiger partial charge on any atom is 0.119 e. The van der Waals surface area contributed by atoms with Gasteiger partial charge in [-0.25, -0.2) is 0 Å². The Bertz CT molecular complexity index is 614. The SMILES string of the molecule is NC(c1ccc(OC2CC2)cc1)C1CCCc2sccc21. The average molecular weight is 299 g/mol. The third kappa shape index (κ3) is 2.72. The third-order valence-corrected chi connectivity index (χ3v) is 5.62. The molecule has 110 valence electrons. The predicted molar refractivity (Wildman–Crippen MR) is 87.0 cm³/mol. The maximum atomic E-state index is 6.57. The van der Waals surface area contributed by atoms with Crippen LogP contribution in [0.4, 0.5) is 0 Å². The van der Waals surface area contributed by atoms with Gasteiger partial charge in [0.1, 0.15) is 5.75 Å². The highest BCUT2D eigenvalue weighted by Crippen LogP contribution is 2.41. The van der Waals surface area contributed by atoms with Crippen molar-refractivity contribution in [1.82, 2.24) is 0 Å². The first-order valence-electron chi connectivity index (χ1n) is 7.90. The lowest BCUT2D eigenvalue weighted by Gasteiger charge is -2.28. The van der Waals surface area contributed by atoms with Crippen LogP contribution in [0.15, 0.2) is 35.7 Å². The van der Waals surface area contributed by atoms with Crippen molar-refractivity contribution in [3.05, 3.63) is 51.7 Å². The number of aryl methyl sites for hydroxylation is 1. The van der Waals surface area contributed by atoms with Crippen molar-refractivity contribution in [3.63, 3.8) is 0 Å². The molecule has 2 aliphatic rings. The second-order valence-electron chi connectivity index (χ2n) is 6.21. The summed E-state index contributed by atoms with van der Waals surface area (Å²) in [4.78, 5) is 1.54. The highest BCUT2D eigenvalue weighted by molar-refractivity contribution is 7.10. The number of ether oxygens (including phenoxy) is 1. The van der Waals surface area contributed by atoms with Crippen molar-refractivity contribution in [2.75, 3.05) is 0 Å². The molecule has 21 heavy (non-hydrogen) atoms. The van der Waals surface area contributed by atoms with Gasteiger partial charge in [0.05, 0.1) is 6.10 Å². The van der Waals surface area contributed by atoms with Crippen molar-refractivity contribution in [2.45, 2.75) is 50.2 Å². The third-order valence-electron chi connectivity index (χ3n) is 4.62. The first kappa shape index (κ1) is 13.4. The van der Waals surface area contributed by atoms with E-state index >= 15 is 0 Å². The minimum absolute atomic E-state index is 0.0913. The van der Waals surface area contributed by atoms with Gasteiger partial charge < -0.3 is 10.5 Å². The highest BCUT2D eigenvalue weighted by Gasteiger charge is 2.28. The van der Waals surface area contributed by atoms with Crippen LogP contribution < -0.4 is 10.5 Å². The second kappa shape index (κ2) is 5.47. The number of thiophene rings is 1. The van der Waals surface area contributed by atoms with Crippen LogP contribution in [-0.2, 0) is 6.42 Å². The summed E-state index contributed by atoms with van der Waals surface area (Å²) in [6.07, 6.45) is 6.54. The maximum absolute atomic E-state index is 6.57. The van der Waals surface area contributed by atoms with Gasteiger partial charge in [-0.1, -0.05) is 12.1 Å². The van der Waals surface area contributed by atoms with Gasteiger partial charge in [-0.2, -0.15) is 0 Å². The molecule has 1 heterocycles. The molecule has 1 aromatic carbocycles. The Balaban J connectivity index is 1.53.